The summed E-state index contributed by atoms with van der Waals surface area (Å²) in [6.45, 7) is 2.18. The minimum atomic E-state index is -0.0417. The first-order valence-electron chi connectivity index (χ1n) is 6.40. The third kappa shape index (κ3) is 1.79. The van der Waals surface area contributed by atoms with Gasteiger partial charge < -0.3 is 14.4 Å². The van der Waals surface area contributed by atoms with Crippen molar-refractivity contribution in [2.75, 3.05) is 6.61 Å². The Hall–Kier alpha value is -1.46. The number of aromatic nitrogens is 3. The van der Waals surface area contributed by atoms with Crippen LogP contribution in [0, 0.1) is 0 Å². The van der Waals surface area contributed by atoms with Crippen molar-refractivity contribution in [2.24, 2.45) is 0 Å². The van der Waals surface area contributed by atoms with Crippen LogP contribution in [0.1, 0.15) is 31.7 Å². The van der Waals surface area contributed by atoms with Crippen LogP contribution in [0.2, 0.25) is 0 Å². The summed E-state index contributed by atoms with van der Waals surface area (Å²) < 4.78 is 7.84. The van der Waals surface area contributed by atoms with E-state index in [1.165, 1.54) is 0 Å². The van der Waals surface area contributed by atoms with Crippen LogP contribution < -0.4 is 0 Å². The predicted octanol–water partition coefficient (Wildman–Crippen LogP) is 1.66. The van der Waals surface area contributed by atoms with Crippen molar-refractivity contribution >= 4 is 11.0 Å². The van der Waals surface area contributed by atoms with Gasteiger partial charge in [-0.25, -0.2) is 9.97 Å². The summed E-state index contributed by atoms with van der Waals surface area (Å²) in [7, 11) is 0. The molecule has 1 fully saturated rings. The molecule has 2 atom stereocenters. The van der Waals surface area contributed by atoms with Gasteiger partial charge in [0.25, 0.3) is 0 Å². The van der Waals surface area contributed by atoms with Crippen LogP contribution in [-0.2, 0) is 11.2 Å². The van der Waals surface area contributed by atoms with Crippen LogP contribution in [-0.4, -0.2) is 32.4 Å². The lowest BCUT2D eigenvalue weighted by Crippen LogP contribution is -2.14. The van der Waals surface area contributed by atoms with Gasteiger partial charge in [0.1, 0.15) is 18.2 Å². The van der Waals surface area contributed by atoms with E-state index >= 15 is 0 Å². The fourth-order valence-corrected chi connectivity index (χ4v) is 2.56. The minimum Gasteiger partial charge on any atom is -0.394 e. The Kier molecular flexibility index (Phi) is 3.01. The molecule has 0 saturated carbocycles. The summed E-state index contributed by atoms with van der Waals surface area (Å²) in [4.78, 5) is 8.65. The van der Waals surface area contributed by atoms with E-state index in [-0.39, 0.29) is 18.9 Å². The largest absolute Gasteiger partial charge is 0.394 e. The highest BCUT2D eigenvalue weighted by atomic mass is 16.5. The Labute approximate surface area is 105 Å². The van der Waals surface area contributed by atoms with Crippen LogP contribution in [0.15, 0.2) is 18.6 Å². The molecule has 0 aliphatic carbocycles. The van der Waals surface area contributed by atoms with Gasteiger partial charge in [-0.1, -0.05) is 6.92 Å². The fraction of sp³-hybridized carbons (Fsp3) is 0.538. The lowest BCUT2D eigenvalue weighted by Gasteiger charge is -2.14. The zero-order valence-electron chi connectivity index (χ0n) is 10.4. The smallest absolute Gasteiger partial charge is 0.145 e. The molecule has 0 amide bonds. The van der Waals surface area contributed by atoms with Crippen LogP contribution in [0.25, 0.3) is 11.0 Å². The highest BCUT2D eigenvalue weighted by molar-refractivity contribution is 5.78. The molecule has 1 saturated heterocycles. The number of hydrogen-bond acceptors (Lipinski definition) is 4. The number of aliphatic hydroxyl groups excluding tert-OH is 1. The van der Waals surface area contributed by atoms with Crippen molar-refractivity contribution < 1.29 is 9.84 Å². The van der Waals surface area contributed by atoms with Crippen molar-refractivity contribution in [1.82, 2.24) is 14.5 Å². The Morgan fingerprint density at radius 2 is 2.33 bits per heavy atom. The predicted molar refractivity (Wildman–Crippen MR) is 67.1 cm³/mol. The van der Waals surface area contributed by atoms with Crippen molar-refractivity contribution in [3.63, 3.8) is 0 Å². The van der Waals surface area contributed by atoms with Crippen molar-refractivity contribution in [3.05, 3.63) is 24.3 Å². The molecule has 2 aromatic rings. The molecule has 1 N–H and O–H groups in total. The first kappa shape index (κ1) is 11.6. The second-order valence-electron chi connectivity index (χ2n) is 4.61. The van der Waals surface area contributed by atoms with Gasteiger partial charge in [-0.15, -0.1) is 0 Å². The van der Waals surface area contributed by atoms with Gasteiger partial charge >= 0.3 is 0 Å². The summed E-state index contributed by atoms with van der Waals surface area (Å²) in [6.07, 6.45) is 6.26. The van der Waals surface area contributed by atoms with Gasteiger partial charge in [0.2, 0.25) is 0 Å². The number of ether oxygens (including phenoxy) is 1. The molecule has 2 aromatic heterocycles. The summed E-state index contributed by atoms with van der Waals surface area (Å²) in [5.74, 6) is 0. The average molecular weight is 247 g/mol. The zero-order valence-corrected chi connectivity index (χ0v) is 10.4. The number of nitrogens with zero attached hydrogens (tertiary/aromatic N) is 3. The maximum absolute atomic E-state index is 9.12. The maximum Gasteiger partial charge on any atom is 0.145 e. The second kappa shape index (κ2) is 4.66. The standard InChI is InChI=1S/C13H17N3O2/c1-2-11-10-5-6-16(13(10)15-8-14-11)12-4-3-9(7-17)18-12/h5-6,8-9,12,17H,2-4,7H2,1H3. The minimum absolute atomic E-state index is 0.0146. The van der Waals surface area contributed by atoms with Gasteiger partial charge in [-0.05, 0) is 25.3 Å². The SMILES string of the molecule is CCc1ncnc2c1ccn2C1CCC(CO)O1. The summed E-state index contributed by atoms with van der Waals surface area (Å²) >= 11 is 0. The Morgan fingerprint density at radius 3 is 3.06 bits per heavy atom. The van der Waals surface area contributed by atoms with E-state index in [4.69, 9.17) is 9.84 Å². The average Bonchev–Trinajstić information content (AvgIpc) is 3.03. The number of aryl methyl sites for hydroxylation is 1. The summed E-state index contributed by atoms with van der Waals surface area (Å²) in [5, 5.41) is 10.2. The maximum atomic E-state index is 9.12. The molecule has 0 aromatic carbocycles. The van der Waals surface area contributed by atoms with E-state index in [2.05, 4.69) is 16.9 Å². The molecule has 0 spiro atoms. The summed E-state index contributed by atoms with van der Waals surface area (Å²) in [5.41, 5.74) is 1.99. The first-order chi connectivity index (χ1) is 8.83. The quantitative estimate of drug-likeness (QED) is 0.896. The second-order valence-corrected chi connectivity index (χ2v) is 4.61. The van der Waals surface area contributed by atoms with Crippen LogP contribution in [0.5, 0.6) is 0 Å². The van der Waals surface area contributed by atoms with E-state index in [1.54, 1.807) is 6.33 Å². The summed E-state index contributed by atoms with van der Waals surface area (Å²) in [6, 6.07) is 2.05. The molecule has 2 unspecified atom stereocenters. The molecular weight excluding hydrogens is 230 g/mol. The van der Waals surface area contributed by atoms with Crippen molar-refractivity contribution in [3.8, 4) is 0 Å². The number of aliphatic hydroxyl groups is 1. The van der Waals surface area contributed by atoms with E-state index < -0.39 is 0 Å². The fourth-order valence-electron chi connectivity index (χ4n) is 2.56. The third-order valence-electron chi connectivity index (χ3n) is 3.53. The Balaban J connectivity index is 1.98. The molecule has 1 aliphatic heterocycles. The number of fused-ring (bicyclic) bond motifs is 1. The van der Waals surface area contributed by atoms with E-state index in [0.29, 0.717) is 0 Å². The van der Waals surface area contributed by atoms with Crippen molar-refractivity contribution in [1.29, 1.82) is 0 Å². The topological polar surface area (TPSA) is 60.2 Å². The number of rotatable bonds is 3. The highest BCUT2D eigenvalue weighted by Crippen LogP contribution is 2.31. The Bertz CT molecular complexity index is 552. The van der Waals surface area contributed by atoms with Crippen LogP contribution in [0.4, 0.5) is 0 Å². The normalized spacial score (nSPS) is 23.9. The van der Waals surface area contributed by atoms with E-state index in [0.717, 1.165) is 36.0 Å². The van der Waals surface area contributed by atoms with Gasteiger partial charge in [0.05, 0.1) is 18.4 Å². The lowest BCUT2D eigenvalue weighted by atomic mass is 10.2. The van der Waals surface area contributed by atoms with E-state index in [9.17, 15) is 0 Å². The molecule has 18 heavy (non-hydrogen) atoms. The highest BCUT2D eigenvalue weighted by Gasteiger charge is 2.27. The van der Waals surface area contributed by atoms with Gasteiger partial charge in [0, 0.05) is 11.6 Å². The van der Waals surface area contributed by atoms with Gasteiger partial charge in [-0.2, -0.15) is 0 Å². The molecule has 0 radical (unpaired) electrons. The number of hydrogen-bond donors (Lipinski definition) is 1. The molecule has 96 valence electrons. The van der Waals surface area contributed by atoms with E-state index in [1.807, 2.05) is 16.8 Å². The monoisotopic (exact) mass is 247 g/mol. The van der Waals surface area contributed by atoms with Crippen molar-refractivity contribution in [2.45, 2.75) is 38.5 Å². The van der Waals surface area contributed by atoms with Crippen LogP contribution in [0.3, 0.4) is 0 Å². The molecule has 1 aliphatic rings. The lowest BCUT2D eigenvalue weighted by molar-refractivity contribution is -0.0204. The zero-order chi connectivity index (χ0) is 12.5. The van der Waals surface area contributed by atoms with Gasteiger partial charge in [-0.3, -0.25) is 0 Å². The molecule has 5 nitrogen and oxygen atoms in total. The van der Waals surface area contributed by atoms with Gasteiger partial charge in [0.15, 0.2) is 0 Å². The Morgan fingerprint density at radius 1 is 1.44 bits per heavy atom. The first-order valence-corrected chi connectivity index (χ1v) is 6.40. The molecule has 3 rings (SSSR count). The van der Waals surface area contributed by atoms with Crippen LogP contribution >= 0.6 is 0 Å². The molecular formula is C13H17N3O2. The molecule has 5 heteroatoms. The third-order valence-corrected chi connectivity index (χ3v) is 3.53. The molecule has 0 bridgehead atoms. The molecule has 3 heterocycles.